The van der Waals surface area contributed by atoms with Crippen molar-refractivity contribution in [3.05, 3.63) is 157 Å². The number of hydrogen-bond acceptors (Lipinski definition) is 1. The quantitative estimate of drug-likeness (QED) is 0.183. The first-order valence-corrected chi connectivity index (χ1v) is 16.2. The van der Waals surface area contributed by atoms with Crippen molar-refractivity contribution in [1.82, 2.24) is 0 Å². The summed E-state index contributed by atoms with van der Waals surface area (Å²) in [5.41, 5.74) is 12.0. The Morgan fingerprint density at radius 1 is 0.432 bits per heavy atom. The molecule has 9 rings (SSSR count). The molecule has 0 nitrogen and oxygen atoms in total. The van der Waals surface area contributed by atoms with Crippen LogP contribution in [0.15, 0.2) is 146 Å². The standard InChI is InChI=1S/C43H30S/c1-43(2)37-25-11-10-22-34(37)42-40(43)36-24-13-23-35(41(36)44-42)39-32-20-8-6-18-30(32)38(31-19-7-9-21-33(31)39)29-17-12-16-28(26-29)27-14-4-3-5-15-27/h3-26H,1-2H3. The van der Waals surface area contributed by atoms with Gasteiger partial charge in [-0.1, -0.05) is 153 Å². The fourth-order valence-electron chi connectivity index (χ4n) is 7.70. The summed E-state index contributed by atoms with van der Waals surface area (Å²) >= 11 is 1.97. The second-order valence-electron chi connectivity index (χ2n) is 12.4. The zero-order valence-electron chi connectivity index (χ0n) is 24.8. The largest absolute Gasteiger partial charge is 0.134 e. The third-order valence-electron chi connectivity index (χ3n) is 9.64. The molecule has 0 aliphatic heterocycles. The van der Waals surface area contributed by atoms with Crippen molar-refractivity contribution in [2.24, 2.45) is 0 Å². The summed E-state index contributed by atoms with van der Waals surface area (Å²) < 4.78 is 1.38. The van der Waals surface area contributed by atoms with Crippen molar-refractivity contribution in [3.63, 3.8) is 0 Å². The zero-order chi connectivity index (χ0) is 29.4. The van der Waals surface area contributed by atoms with Gasteiger partial charge in [-0.15, -0.1) is 11.3 Å². The van der Waals surface area contributed by atoms with Crippen molar-refractivity contribution in [2.45, 2.75) is 19.3 Å². The zero-order valence-corrected chi connectivity index (χ0v) is 25.6. The molecule has 0 spiro atoms. The van der Waals surface area contributed by atoms with Gasteiger partial charge in [-0.3, -0.25) is 0 Å². The van der Waals surface area contributed by atoms with E-state index in [9.17, 15) is 0 Å². The van der Waals surface area contributed by atoms with Crippen LogP contribution in [0, 0.1) is 0 Å². The summed E-state index contributed by atoms with van der Waals surface area (Å²) in [6.07, 6.45) is 0. The van der Waals surface area contributed by atoms with Crippen LogP contribution in [0.2, 0.25) is 0 Å². The smallest absolute Gasteiger partial charge is 0.0431 e. The van der Waals surface area contributed by atoms with Crippen molar-refractivity contribution < 1.29 is 0 Å². The number of rotatable bonds is 3. The molecular formula is C43H30S. The van der Waals surface area contributed by atoms with Crippen molar-refractivity contribution in [2.75, 3.05) is 0 Å². The van der Waals surface area contributed by atoms with Gasteiger partial charge in [-0.25, -0.2) is 0 Å². The van der Waals surface area contributed by atoms with E-state index in [0.29, 0.717) is 0 Å². The number of thiophene rings is 1. The van der Waals surface area contributed by atoms with Crippen LogP contribution in [0.1, 0.15) is 25.0 Å². The van der Waals surface area contributed by atoms with Crippen LogP contribution in [-0.2, 0) is 5.41 Å². The summed E-state index contributed by atoms with van der Waals surface area (Å²) in [6.45, 7) is 4.78. The molecule has 0 fully saturated rings. The number of benzene rings is 7. The van der Waals surface area contributed by atoms with E-state index in [1.165, 1.54) is 86.6 Å². The van der Waals surface area contributed by atoms with Crippen molar-refractivity contribution in [3.8, 4) is 43.8 Å². The van der Waals surface area contributed by atoms with Crippen LogP contribution < -0.4 is 0 Å². The third-order valence-corrected chi connectivity index (χ3v) is 10.9. The molecule has 0 bridgehead atoms. The third kappa shape index (κ3) is 3.57. The molecule has 7 aromatic carbocycles. The molecule has 1 heterocycles. The Hall–Kier alpha value is -4.98. The van der Waals surface area contributed by atoms with E-state index in [4.69, 9.17) is 0 Å². The normalized spacial score (nSPS) is 13.4. The van der Waals surface area contributed by atoms with Gasteiger partial charge in [0.05, 0.1) is 0 Å². The fraction of sp³-hybridized carbons (Fsp3) is 0.0698. The average Bonchev–Trinajstić information content (AvgIpc) is 3.58. The van der Waals surface area contributed by atoms with Gasteiger partial charge in [0.25, 0.3) is 0 Å². The van der Waals surface area contributed by atoms with Crippen LogP contribution >= 0.6 is 11.3 Å². The second kappa shape index (κ2) is 9.51. The molecule has 44 heavy (non-hydrogen) atoms. The molecule has 0 unspecified atom stereocenters. The molecule has 208 valence electrons. The highest BCUT2D eigenvalue weighted by Gasteiger charge is 2.38. The lowest BCUT2D eigenvalue weighted by molar-refractivity contribution is 0.667. The molecule has 0 amide bonds. The minimum absolute atomic E-state index is 0.0272. The molecule has 0 saturated heterocycles. The van der Waals surface area contributed by atoms with E-state index in [1.807, 2.05) is 11.3 Å². The molecule has 0 radical (unpaired) electrons. The molecule has 0 atom stereocenters. The number of hydrogen-bond donors (Lipinski definition) is 0. The van der Waals surface area contributed by atoms with Gasteiger partial charge in [0.15, 0.2) is 0 Å². The Bertz CT molecular complexity index is 2350. The summed E-state index contributed by atoms with van der Waals surface area (Å²) in [4.78, 5) is 1.43. The van der Waals surface area contributed by atoms with E-state index >= 15 is 0 Å². The lowest BCUT2D eigenvalue weighted by Gasteiger charge is -2.22. The van der Waals surface area contributed by atoms with E-state index in [-0.39, 0.29) is 5.41 Å². The van der Waals surface area contributed by atoms with Crippen LogP contribution in [-0.4, -0.2) is 0 Å². The van der Waals surface area contributed by atoms with Crippen LogP contribution in [0.5, 0.6) is 0 Å². The Balaban J connectivity index is 1.36. The summed E-state index contributed by atoms with van der Waals surface area (Å²) in [7, 11) is 0. The SMILES string of the molecule is CC1(C)c2ccccc2-c2sc3c(-c4c5ccccc5c(-c5cccc(-c6ccccc6)c5)c5ccccc45)cccc3c21. The van der Waals surface area contributed by atoms with Gasteiger partial charge in [-0.2, -0.15) is 0 Å². The maximum atomic E-state index is 2.39. The van der Waals surface area contributed by atoms with Gasteiger partial charge in [-0.05, 0) is 77.5 Å². The van der Waals surface area contributed by atoms with Crippen LogP contribution in [0.25, 0.3) is 75.5 Å². The summed E-state index contributed by atoms with van der Waals surface area (Å²) in [5.74, 6) is 0. The van der Waals surface area contributed by atoms with E-state index in [0.717, 1.165) is 0 Å². The summed E-state index contributed by atoms with van der Waals surface area (Å²) in [5, 5.41) is 6.56. The maximum absolute atomic E-state index is 2.39. The minimum Gasteiger partial charge on any atom is -0.134 e. The van der Waals surface area contributed by atoms with Gasteiger partial charge >= 0.3 is 0 Å². The van der Waals surface area contributed by atoms with Gasteiger partial charge in [0.2, 0.25) is 0 Å². The van der Waals surface area contributed by atoms with Gasteiger partial charge in [0, 0.05) is 20.6 Å². The fourth-order valence-corrected chi connectivity index (χ4v) is 9.22. The van der Waals surface area contributed by atoms with Crippen molar-refractivity contribution in [1.29, 1.82) is 0 Å². The first-order valence-electron chi connectivity index (χ1n) is 15.4. The maximum Gasteiger partial charge on any atom is 0.0431 e. The van der Waals surface area contributed by atoms with Crippen LogP contribution in [0.4, 0.5) is 0 Å². The predicted molar refractivity (Wildman–Crippen MR) is 191 cm³/mol. The highest BCUT2D eigenvalue weighted by molar-refractivity contribution is 7.23. The molecule has 0 saturated carbocycles. The Morgan fingerprint density at radius 2 is 0.955 bits per heavy atom. The molecule has 8 aromatic rings. The van der Waals surface area contributed by atoms with E-state index in [1.54, 1.807) is 0 Å². The highest BCUT2D eigenvalue weighted by Crippen LogP contribution is 2.57. The average molecular weight is 579 g/mol. The van der Waals surface area contributed by atoms with E-state index in [2.05, 4.69) is 159 Å². The van der Waals surface area contributed by atoms with Crippen LogP contribution in [0.3, 0.4) is 0 Å². The first kappa shape index (κ1) is 25.5. The Labute approximate surface area is 261 Å². The van der Waals surface area contributed by atoms with E-state index < -0.39 is 0 Å². The topological polar surface area (TPSA) is 0 Å². The molecule has 1 aromatic heterocycles. The minimum atomic E-state index is -0.0272. The predicted octanol–water partition coefficient (Wildman–Crippen LogP) is 12.5. The Morgan fingerprint density at radius 3 is 1.68 bits per heavy atom. The highest BCUT2D eigenvalue weighted by atomic mass is 32.1. The lowest BCUT2D eigenvalue weighted by Crippen LogP contribution is -2.14. The first-order chi connectivity index (χ1) is 21.6. The van der Waals surface area contributed by atoms with Gasteiger partial charge < -0.3 is 0 Å². The molecule has 1 heteroatoms. The Kier molecular flexibility index (Phi) is 5.51. The monoisotopic (exact) mass is 578 g/mol. The van der Waals surface area contributed by atoms with Crippen molar-refractivity contribution >= 4 is 43.0 Å². The lowest BCUT2D eigenvalue weighted by atomic mass is 9.81. The second-order valence-corrected chi connectivity index (χ2v) is 13.5. The van der Waals surface area contributed by atoms with Gasteiger partial charge in [0.1, 0.15) is 0 Å². The molecule has 1 aliphatic carbocycles. The number of fused-ring (bicyclic) bond motifs is 7. The molecular weight excluding hydrogens is 549 g/mol. The molecule has 0 N–H and O–H groups in total. The molecule has 1 aliphatic rings. The summed E-state index contributed by atoms with van der Waals surface area (Å²) in [6, 6.07) is 53.7.